The summed E-state index contributed by atoms with van der Waals surface area (Å²) in [6, 6.07) is 3.67. The fraction of sp³-hybridized carbons (Fsp3) is 0.235. The van der Waals surface area contributed by atoms with Gasteiger partial charge in [-0.1, -0.05) is 11.6 Å². The number of hydrogen-bond acceptors (Lipinski definition) is 4. The molecule has 2 rings (SSSR count). The van der Waals surface area contributed by atoms with Crippen LogP contribution in [0.2, 0.25) is 5.02 Å². The molecule has 0 aliphatic carbocycles. The molecule has 0 spiro atoms. The smallest absolute Gasteiger partial charge is 0.431 e. The number of halogens is 7. The highest BCUT2D eigenvalue weighted by Crippen LogP contribution is 2.27. The maximum atomic E-state index is 12.9. The summed E-state index contributed by atoms with van der Waals surface area (Å²) in [7, 11) is 0.828. The molecule has 0 radical (unpaired) electrons. The van der Waals surface area contributed by atoms with Crippen LogP contribution in [0.3, 0.4) is 0 Å². The average Bonchev–Trinajstić information content (AvgIpc) is 2.61. The number of hydrogen-bond donors (Lipinski definition) is 0. The van der Waals surface area contributed by atoms with Crippen LogP contribution in [-0.2, 0) is 22.8 Å². The summed E-state index contributed by atoms with van der Waals surface area (Å²) < 4.78 is 79.5. The van der Waals surface area contributed by atoms with Crippen molar-refractivity contribution in [3.05, 3.63) is 67.5 Å². The molecule has 0 atom stereocenters. The van der Waals surface area contributed by atoms with E-state index < -0.39 is 41.9 Å². The first kappa shape index (κ1) is 23.3. The minimum Gasteiger partial charge on any atom is -0.453 e. The van der Waals surface area contributed by atoms with Crippen LogP contribution in [0.5, 0.6) is 0 Å². The predicted molar refractivity (Wildman–Crippen MR) is 93.3 cm³/mol. The molecule has 0 unspecified atom stereocenters. The number of alkyl halides is 6. The Bertz CT molecular complexity index is 1120. The molecule has 6 nitrogen and oxygen atoms in total. The summed E-state index contributed by atoms with van der Waals surface area (Å²) in [5.41, 5.74) is -4.20. The predicted octanol–water partition coefficient (Wildman–Crippen LogP) is 3.33. The molecule has 0 saturated carbocycles. The quantitative estimate of drug-likeness (QED) is 0.402. The van der Waals surface area contributed by atoms with Gasteiger partial charge in [0.2, 0.25) is 0 Å². The van der Waals surface area contributed by atoms with E-state index in [2.05, 4.69) is 4.74 Å². The number of rotatable bonds is 4. The molecule has 0 N–H and O–H groups in total. The van der Waals surface area contributed by atoms with Crippen LogP contribution in [-0.4, -0.2) is 27.9 Å². The highest BCUT2D eigenvalue weighted by molar-refractivity contribution is 6.32. The van der Waals surface area contributed by atoms with Crippen molar-refractivity contribution in [2.45, 2.75) is 12.4 Å². The van der Waals surface area contributed by atoms with Gasteiger partial charge in [-0.05, 0) is 29.8 Å². The van der Waals surface area contributed by atoms with E-state index in [4.69, 9.17) is 11.6 Å². The Morgan fingerprint density at radius 2 is 1.77 bits per heavy atom. The van der Waals surface area contributed by atoms with Crippen molar-refractivity contribution in [3.63, 3.8) is 0 Å². The van der Waals surface area contributed by atoms with Crippen LogP contribution >= 0.6 is 11.6 Å². The van der Waals surface area contributed by atoms with Crippen LogP contribution in [0, 0.1) is 0 Å². The number of nitrogens with zero attached hydrogens (tertiary/aromatic N) is 2. The maximum Gasteiger partial charge on any atom is 0.431 e. The van der Waals surface area contributed by atoms with Crippen LogP contribution in [0.15, 0.2) is 39.9 Å². The average molecular weight is 457 g/mol. The van der Waals surface area contributed by atoms with Crippen molar-refractivity contribution >= 4 is 23.6 Å². The molecule has 2 aromatic rings. The van der Waals surface area contributed by atoms with E-state index in [0.29, 0.717) is 10.6 Å². The number of carbonyl (C=O) groups excluding carboxylic acids is 1. The zero-order valence-electron chi connectivity index (χ0n) is 14.8. The summed E-state index contributed by atoms with van der Waals surface area (Å²) in [4.78, 5) is 35.8. The molecule has 1 heterocycles. The van der Waals surface area contributed by atoms with E-state index in [1.54, 1.807) is 0 Å². The highest BCUT2D eigenvalue weighted by Gasteiger charge is 2.35. The molecule has 13 heteroatoms. The standard InChI is InChI=1S/C17H11ClF6N2O4/c1-25-12(17(22,23)24)7-13(27)26(15(25)29)10-3-4-11(18)9(6-10)2-5-14(28)30-8-16(19,20)21/h2-7H,8H2,1H3. The van der Waals surface area contributed by atoms with Crippen LogP contribution in [0.1, 0.15) is 11.3 Å². The molecule has 0 amide bonds. The fourth-order valence-electron chi connectivity index (χ4n) is 2.29. The fourth-order valence-corrected chi connectivity index (χ4v) is 2.47. The Hall–Kier alpha value is -3.02. The normalized spacial score (nSPS) is 12.4. The lowest BCUT2D eigenvalue weighted by Gasteiger charge is -2.14. The molecule has 0 bridgehead atoms. The molecule has 0 aliphatic heterocycles. The Balaban J connectivity index is 2.44. The van der Waals surface area contributed by atoms with Crippen molar-refractivity contribution in [2.75, 3.05) is 6.61 Å². The minimum atomic E-state index is -4.93. The van der Waals surface area contributed by atoms with Gasteiger partial charge in [-0.25, -0.2) is 14.2 Å². The summed E-state index contributed by atoms with van der Waals surface area (Å²) >= 11 is 5.91. The molecule has 0 fully saturated rings. The first-order valence-electron chi connectivity index (χ1n) is 7.82. The number of carbonyl (C=O) groups is 1. The maximum absolute atomic E-state index is 12.9. The lowest BCUT2D eigenvalue weighted by atomic mass is 10.2. The Kier molecular flexibility index (Phi) is 6.50. The monoisotopic (exact) mass is 456 g/mol. The number of aromatic nitrogens is 2. The largest absolute Gasteiger partial charge is 0.453 e. The SMILES string of the molecule is Cn1c(C(F)(F)F)cc(=O)n(-c2ccc(Cl)c(C=CC(=O)OCC(F)(F)F)c2)c1=O. The Morgan fingerprint density at radius 1 is 1.13 bits per heavy atom. The third kappa shape index (κ3) is 5.53. The van der Waals surface area contributed by atoms with Crippen LogP contribution < -0.4 is 11.2 Å². The van der Waals surface area contributed by atoms with E-state index in [0.717, 1.165) is 25.3 Å². The summed E-state index contributed by atoms with van der Waals surface area (Å²) in [5, 5.41) is -0.0181. The van der Waals surface area contributed by atoms with Gasteiger partial charge < -0.3 is 4.74 Å². The van der Waals surface area contributed by atoms with Gasteiger partial charge in [0.15, 0.2) is 6.61 Å². The van der Waals surface area contributed by atoms with Crippen molar-refractivity contribution in [2.24, 2.45) is 7.05 Å². The van der Waals surface area contributed by atoms with E-state index in [1.807, 2.05) is 0 Å². The second-order valence-corrected chi connectivity index (χ2v) is 6.21. The first-order chi connectivity index (χ1) is 13.7. The van der Waals surface area contributed by atoms with E-state index >= 15 is 0 Å². The molecule has 30 heavy (non-hydrogen) atoms. The van der Waals surface area contributed by atoms with Crippen molar-refractivity contribution in [1.82, 2.24) is 9.13 Å². The summed E-state index contributed by atoms with van der Waals surface area (Å²) in [6.07, 6.45) is -8.06. The molecule has 1 aromatic carbocycles. The molecule has 0 saturated heterocycles. The van der Waals surface area contributed by atoms with Gasteiger partial charge in [-0.3, -0.25) is 9.36 Å². The second-order valence-electron chi connectivity index (χ2n) is 5.80. The summed E-state index contributed by atoms with van der Waals surface area (Å²) in [5.74, 6) is -1.34. The van der Waals surface area contributed by atoms with Crippen LogP contribution in [0.4, 0.5) is 26.3 Å². The topological polar surface area (TPSA) is 70.3 Å². The first-order valence-corrected chi connectivity index (χ1v) is 8.20. The zero-order chi connectivity index (χ0) is 22.9. The van der Waals surface area contributed by atoms with Gasteiger partial charge in [0.05, 0.1) is 5.69 Å². The molecular weight excluding hydrogens is 446 g/mol. The molecule has 162 valence electrons. The van der Waals surface area contributed by atoms with Crippen molar-refractivity contribution < 1.29 is 35.9 Å². The minimum absolute atomic E-state index is 0.00743. The van der Waals surface area contributed by atoms with E-state index in [9.17, 15) is 40.7 Å². The van der Waals surface area contributed by atoms with Gasteiger partial charge in [-0.2, -0.15) is 26.3 Å². The number of esters is 1. The Morgan fingerprint density at radius 3 is 2.33 bits per heavy atom. The van der Waals surface area contributed by atoms with E-state index in [-0.39, 0.29) is 26.9 Å². The number of ether oxygens (including phenoxy) is 1. The van der Waals surface area contributed by atoms with Crippen molar-refractivity contribution in [3.8, 4) is 5.69 Å². The third-order valence-corrected chi connectivity index (χ3v) is 3.97. The van der Waals surface area contributed by atoms with Gasteiger partial charge in [0.25, 0.3) is 5.56 Å². The second kappa shape index (κ2) is 8.38. The molecular formula is C17H11ClF6N2O4. The van der Waals surface area contributed by atoms with Gasteiger partial charge in [0.1, 0.15) is 5.69 Å². The van der Waals surface area contributed by atoms with Gasteiger partial charge in [-0.15, -0.1) is 0 Å². The van der Waals surface area contributed by atoms with E-state index in [1.165, 1.54) is 6.07 Å². The highest BCUT2D eigenvalue weighted by atomic mass is 35.5. The van der Waals surface area contributed by atoms with Gasteiger partial charge in [0, 0.05) is 24.2 Å². The Labute approximate surface area is 168 Å². The lowest BCUT2D eigenvalue weighted by molar-refractivity contribution is -0.182. The number of benzene rings is 1. The lowest BCUT2D eigenvalue weighted by Crippen LogP contribution is -2.40. The molecule has 0 aliphatic rings. The summed E-state index contributed by atoms with van der Waals surface area (Å²) in [6.45, 7) is -1.80. The van der Waals surface area contributed by atoms with Gasteiger partial charge >= 0.3 is 24.0 Å². The zero-order valence-corrected chi connectivity index (χ0v) is 15.6. The third-order valence-electron chi connectivity index (χ3n) is 3.63. The molecule has 1 aromatic heterocycles. The van der Waals surface area contributed by atoms with Crippen molar-refractivity contribution in [1.29, 1.82) is 0 Å². The van der Waals surface area contributed by atoms with Crippen LogP contribution in [0.25, 0.3) is 11.8 Å².